The molecule has 18 heavy (non-hydrogen) atoms. The number of nitrogens with zero attached hydrogens (tertiary/aromatic N) is 1. The van der Waals surface area contributed by atoms with Crippen molar-refractivity contribution in [2.75, 3.05) is 6.61 Å². The minimum atomic E-state index is -0.511. The minimum absolute atomic E-state index is 0.000992. The second-order valence-electron chi connectivity index (χ2n) is 3.60. The highest BCUT2D eigenvalue weighted by Crippen LogP contribution is 2.31. The third kappa shape index (κ3) is 2.71. The van der Waals surface area contributed by atoms with Gasteiger partial charge in [-0.05, 0) is 35.0 Å². The largest absolute Gasteiger partial charge is 0.476 e. The SMILES string of the molecule is CCOc1nccc(C(N)c2cc(Br)cs2)c1F. The second-order valence-corrected chi connectivity index (χ2v) is 5.46. The summed E-state index contributed by atoms with van der Waals surface area (Å²) in [5.74, 6) is -0.488. The van der Waals surface area contributed by atoms with Crippen molar-refractivity contribution in [3.05, 3.63) is 44.4 Å². The Morgan fingerprint density at radius 3 is 3.00 bits per heavy atom. The topological polar surface area (TPSA) is 48.1 Å². The lowest BCUT2D eigenvalue weighted by molar-refractivity contribution is 0.305. The van der Waals surface area contributed by atoms with E-state index in [9.17, 15) is 4.39 Å². The van der Waals surface area contributed by atoms with Crippen LogP contribution in [0.15, 0.2) is 28.2 Å². The summed E-state index contributed by atoms with van der Waals surface area (Å²) >= 11 is 4.84. The number of ether oxygens (including phenoxy) is 1. The Bertz CT molecular complexity index is 547. The van der Waals surface area contributed by atoms with Gasteiger partial charge in [-0.1, -0.05) is 0 Å². The van der Waals surface area contributed by atoms with Crippen LogP contribution >= 0.6 is 27.3 Å². The summed E-state index contributed by atoms with van der Waals surface area (Å²) in [4.78, 5) is 4.74. The molecule has 0 saturated heterocycles. The summed E-state index contributed by atoms with van der Waals surface area (Å²) in [6, 6.07) is 2.95. The molecule has 2 heterocycles. The number of hydrogen-bond donors (Lipinski definition) is 1. The van der Waals surface area contributed by atoms with Crippen LogP contribution in [0.4, 0.5) is 4.39 Å². The molecule has 0 saturated carbocycles. The summed E-state index contributed by atoms with van der Waals surface area (Å²) in [7, 11) is 0. The average molecular weight is 331 g/mol. The predicted octanol–water partition coefficient (Wildman–Crippen LogP) is 3.49. The van der Waals surface area contributed by atoms with Crippen molar-refractivity contribution in [3.63, 3.8) is 0 Å². The minimum Gasteiger partial charge on any atom is -0.476 e. The summed E-state index contributed by atoms with van der Waals surface area (Å²) in [5, 5.41) is 1.91. The van der Waals surface area contributed by atoms with Gasteiger partial charge in [-0.2, -0.15) is 0 Å². The van der Waals surface area contributed by atoms with Gasteiger partial charge in [0.15, 0.2) is 5.82 Å². The Kier molecular flexibility index (Phi) is 4.31. The molecular weight excluding hydrogens is 319 g/mol. The molecule has 2 aromatic heterocycles. The van der Waals surface area contributed by atoms with Gasteiger partial charge >= 0.3 is 0 Å². The zero-order chi connectivity index (χ0) is 13.1. The van der Waals surface area contributed by atoms with Gasteiger partial charge in [0.25, 0.3) is 5.88 Å². The second kappa shape index (κ2) is 5.77. The quantitative estimate of drug-likeness (QED) is 0.933. The molecule has 2 aromatic rings. The molecule has 0 aromatic carbocycles. The highest BCUT2D eigenvalue weighted by atomic mass is 79.9. The highest BCUT2D eigenvalue weighted by Gasteiger charge is 2.19. The molecule has 0 amide bonds. The molecule has 0 fully saturated rings. The number of aromatic nitrogens is 1. The van der Waals surface area contributed by atoms with Crippen molar-refractivity contribution >= 4 is 27.3 Å². The van der Waals surface area contributed by atoms with Crippen LogP contribution in [0, 0.1) is 5.82 Å². The molecular formula is C12H12BrFN2OS. The number of halogens is 2. The number of pyridine rings is 1. The van der Waals surface area contributed by atoms with E-state index in [1.54, 1.807) is 13.0 Å². The van der Waals surface area contributed by atoms with Crippen LogP contribution in [0.2, 0.25) is 0 Å². The molecule has 0 radical (unpaired) electrons. The number of nitrogens with two attached hydrogens (primary N) is 1. The Morgan fingerprint density at radius 2 is 2.39 bits per heavy atom. The van der Waals surface area contributed by atoms with Crippen LogP contribution in [-0.4, -0.2) is 11.6 Å². The molecule has 0 aliphatic carbocycles. The number of thiophene rings is 1. The van der Waals surface area contributed by atoms with Crippen molar-refractivity contribution in [2.45, 2.75) is 13.0 Å². The first-order valence-electron chi connectivity index (χ1n) is 5.40. The summed E-state index contributed by atoms with van der Waals surface area (Å²) < 4.78 is 20.2. The van der Waals surface area contributed by atoms with Crippen molar-refractivity contribution in [1.82, 2.24) is 4.98 Å². The smallest absolute Gasteiger partial charge is 0.250 e. The lowest BCUT2D eigenvalue weighted by Crippen LogP contribution is -2.13. The van der Waals surface area contributed by atoms with Crippen molar-refractivity contribution in [3.8, 4) is 5.88 Å². The molecule has 96 valence electrons. The Morgan fingerprint density at radius 1 is 1.61 bits per heavy atom. The standard InChI is InChI=1S/C12H12BrFN2OS/c1-2-17-12-10(14)8(3-4-16-12)11(15)9-5-7(13)6-18-9/h3-6,11H,2,15H2,1H3. The van der Waals surface area contributed by atoms with E-state index in [4.69, 9.17) is 10.5 Å². The molecule has 0 aliphatic heterocycles. The normalized spacial score (nSPS) is 12.4. The van der Waals surface area contributed by atoms with Gasteiger partial charge in [0, 0.05) is 26.5 Å². The zero-order valence-corrected chi connectivity index (χ0v) is 12.1. The van der Waals surface area contributed by atoms with Crippen LogP contribution in [0.3, 0.4) is 0 Å². The maximum absolute atomic E-state index is 14.1. The number of rotatable bonds is 4. The van der Waals surface area contributed by atoms with E-state index >= 15 is 0 Å². The average Bonchev–Trinajstić information content (AvgIpc) is 2.78. The highest BCUT2D eigenvalue weighted by molar-refractivity contribution is 9.10. The summed E-state index contributed by atoms with van der Waals surface area (Å²) in [5.41, 5.74) is 6.45. The fraction of sp³-hybridized carbons (Fsp3) is 0.250. The van der Waals surface area contributed by atoms with E-state index in [0.717, 1.165) is 9.35 Å². The molecule has 1 atom stereocenters. The van der Waals surface area contributed by atoms with Crippen molar-refractivity contribution in [1.29, 1.82) is 0 Å². The molecule has 0 spiro atoms. The van der Waals surface area contributed by atoms with E-state index in [1.807, 2.05) is 11.4 Å². The molecule has 0 aliphatic rings. The van der Waals surface area contributed by atoms with Crippen LogP contribution in [0.25, 0.3) is 0 Å². The lowest BCUT2D eigenvalue weighted by atomic mass is 10.1. The molecule has 1 unspecified atom stereocenters. The first-order chi connectivity index (χ1) is 8.63. The van der Waals surface area contributed by atoms with Gasteiger partial charge in [-0.3, -0.25) is 0 Å². The van der Waals surface area contributed by atoms with E-state index in [1.165, 1.54) is 17.5 Å². The van der Waals surface area contributed by atoms with Crippen LogP contribution in [-0.2, 0) is 0 Å². The van der Waals surface area contributed by atoms with Crippen LogP contribution < -0.4 is 10.5 Å². The summed E-state index contributed by atoms with van der Waals surface area (Å²) in [6.45, 7) is 2.15. The van der Waals surface area contributed by atoms with E-state index in [2.05, 4.69) is 20.9 Å². The molecule has 6 heteroatoms. The maximum Gasteiger partial charge on any atom is 0.250 e. The van der Waals surface area contributed by atoms with Gasteiger partial charge in [0.1, 0.15) is 0 Å². The van der Waals surface area contributed by atoms with E-state index in [-0.39, 0.29) is 5.88 Å². The Labute approximate surface area is 117 Å². The van der Waals surface area contributed by atoms with Gasteiger partial charge in [0.2, 0.25) is 0 Å². The third-order valence-electron chi connectivity index (χ3n) is 2.40. The summed E-state index contributed by atoms with van der Waals surface area (Å²) in [6.07, 6.45) is 1.51. The monoisotopic (exact) mass is 330 g/mol. The maximum atomic E-state index is 14.1. The van der Waals surface area contributed by atoms with Crippen molar-refractivity contribution < 1.29 is 9.13 Å². The molecule has 3 nitrogen and oxygen atoms in total. The van der Waals surface area contributed by atoms with Crippen LogP contribution in [0.1, 0.15) is 23.4 Å². The van der Waals surface area contributed by atoms with E-state index < -0.39 is 11.9 Å². The van der Waals surface area contributed by atoms with Crippen molar-refractivity contribution in [2.24, 2.45) is 5.73 Å². The first-order valence-corrected chi connectivity index (χ1v) is 7.07. The first kappa shape index (κ1) is 13.5. The molecule has 0 bridgehead atoms. The third-order valence-corrected chi connectivity index (χ3v) is 4.17. The fourth-order valence-electron chi connectivity index (χ4n) is 1.56. The molecule has 2 N–H and O–H groups in total. The lowest BCUT2D eigenvalue weighted by Gasteiger charge is -2.12. The van der Waals surface area contributed by atoms with Gasteiger partial charge in [-0.15, -0.1) is 11.3 Å². The fourth-order valence-corrected chi connectivity index (χ4v) is 3.02. The Balaban J connectivity index is 2.35. The van der Waals surface area contributed by atoms with Gasteiger partial charge in [-0.25, -0.2) is 9.37 Å². The molecule has 2 rings (SSSR count). The zero-order valence-electron chi connectivity index (χ0n) is 9.69. The predicted molar refractivity (Wildman–Crippen MR) is 73.4 cm³/mol. The van der Waals surface area contributed by atoms with E-state index in [0.29, 0.717) is 12.2 Å². The van der Waals surface area contributed by atoms with Gasteiger partial charge in [0.05, 0.1) is 12.6 Å². The Hall–Kier alpha value is -0.980. The van der Waals surface area contributed by atoms with Gasteiger partial charge < -0.3 is 10.5 Å². The number of hydrogen-bond acceptors (Lipinski definition) is 4. The van der Waals surface area contributed by atoms with Crippen LogP contribution in [0.5, 0.6) is 5.88 Å².